The summed E-state index contributed by atoms with van der Waals surface area (Å²) >= 11 is 0. The molecule has 0 radical (unpaired) electrons. The number of rotatable bonds is 39. The predicted octanol–water partition coefficient (Wildman–Crippen LogP) is 19.4. The van der Waals surface area contributed by atoms with Crippen molar-refractivity contribution in [3.05, 3.63) is 0 Å². The van der Waals surface area contributed by atoms with Crippen LogP contribution in [-0.4, -0.2) is 37.1 Å². The van der Waals surface area contributed by atoms with Crippen molar-refractivity contribution in [2.24, 2.45) is 46.3 Å². The Hall–Kier alpha value is -0.570. The summed E-state index contributed by atoms with van der Waals surface area (Å²) in [5, 5.41) is 0. The molecule has 4 aliphatic rings. The fraction of sp³-hybridized carbons (Fsp3) is 0.984. The molecular formula is C61H115NO2. The Morgan fingerprint density at radius 2 is 0.922 bits per heavy atom. The Bertz CT molecular complexity index is 1120. The van der Waals surface area contributed by atoms with Gasteiger partial charge in [0.2, 0.25) is 5.91 Å². The van der Waals surface area contributed by atoms with Crippen molar-refractivity contribution in [2.75, 3.05) is 20.2 Å². The van der Waals surface area contributed by atoms with E-state index in [0.717, 1.165) is 55.5 Å². The van der Waals surface area contributed by atoms with Crippen LogP contribution in [0.3, 0.4) is 0 Å². The van der Waals surface area contributed by atoms with E-state index in [9.17, 15) is 4.79 Å². The average molecular weight is 895 g/mol. The molecule has 0 spiro atoms. The lowest BCUT2D eigenvalue weighted by Crippen LogP contribution is -2.54. The van der Waals surface area contributed by atoms with E-state index in [2.05, 4.69) is 39.5 Å². The van der Waals surface area contributed by atoms with Gasteiger partial charge >= 0.3 is 0 Å². The molecule has 3 nitrogen and oxygen atoms in total. The van der Waals surface area contributed by atoms with Gasteiger partial charge in [-0.05, 0) is 123 Å². The molecule has 0 heterocycles. The van der Waals surface area contributed by atoms with Crippen molar-refractivity contribution < 1.29 is 9.53 Å². The number of hydrogen-bond acceptors (Lipinski definition) is 2. The van der Waals surface area contributed by atoms with Crippen LogP contribution in [0.2, 0.25) is 0 Å². The van der Waals surface area contributed by atoms with Gasteiger partial charge in [-0.25, -0.2) is 0 Å². The lowest BCUT2D eigenvalue weighted by atomic mass is 9.44. The zero-order valence-corrected chi connectivity index (χ0v) is 44.6. The number of unbranched alkanes of at least 4 members (excludes halogenated alkanes) is 30. The largest absolute Gasteiger partial charge is 0.381 e. The highest BCUT2D eigenvalue weighted by Crippen LogP contribution is 2.68. The fourth-order valence-corrected chi connectivity index (χ4v) is 15.2. The SMILES string of the molecule is CCCCCCCCCCCCCCCCCCN(CCCCCCCCCCCCCCCCCC)C(=O)CC[C@@H](C)[C@H]1CCC2C3CC[C@@H]4C[C@H](OC)CC[C@]4(C)C3CC[C@@]21C. The summed E-state index contributed by atoms with van der Waals surface area (Å²) in [7, 11) is 1.94. The van der Waals surface area contributed by atoms with Crippen molar-refractivity contribution >= 4 is 5.91 Å². The molecule has 376 valence electrons. The van der Waals surface area contributed by atoms with Gasteiger partial charge in [-0.1, -0.05) is 227 Å². The lowest BCUT2D eigenvalue weighted by Gasteiger charge is -2.61. The first-order valence-corrected chi connectivity index (χ1v) is 30.1. The Kier molecular flexibility index (Phi) is 28.9. The van der Waals surface area contributed by atoms with E-state index in [1.807, 2.05) is 7.11 Å². The molecule has 9 atom stereocenters. The zero-order chi connectivity index (χ0) is 45.7. The van der Waals surface area contributed by atoms with Gasteiger partial charge in [0.05, 0.1) is 6.10 Å². The van der Waals surface area contributed by atoms with Gasteiger partial charge in [0.15, 0.2) is 0 Å². The fourth-order valence-electron chi connectivity index (χ4n) is 15.2. The maximum absolute atomic E-state index is 14.1. The van der Waals surface area contributed by atoms with E-state index >= 15 is 0 Å². The van der Waals surface area contributed by atoms with Crippen LogP contribution in [0.5, 0.6) is 0 Å². The average Bonchev–Trinajstić information content (AvgIpc) is 3.66. The van der Waals surface area contributed by atoms with Crippen molar-refractivity contribution in [3.63, 3.8) is 0 Å². The number of nitrogens with zero attached hydrogens (tertiary/aromatic N) is 1. The molecule has 0 N–H and O–H groups in total. The van der Waals surface area contributed by atoms with Crippen molar-refractivity contribution in [2.45, 2.75) is 317 Å². The van der Waals surface area contributed by atoms with E-state index < -0.39 is 0 Å². The number of ether oxygens (including phenoxy) is 1. The molecule has 64 heavy (non-hydrogen) atoms. The molecule has 3 unspecified atom stereocenters. The minimum Gasteiger partial charge on any atom is -0.381 e. The van der Waals surface area contributed by atoms with E-state index in [1.165, 1.54) is 263 Å². The van der Waals surface area contributed by atoms with Crippen LogP contribution < -0.4 is 0 Å². The highest BCUT2D eigenvalue weighted by molar-refractivity contribution is 5.76. The quantitative estimate of drug-likeness (QED) is 0.0576. The van der Waals surface area contributed by atoms with E-state index in [-0.39, 0.29) is 0 Å². The van der Waals surface area contributed by atoms with Gasteiger partial charge in [-0.2, -0.15) is 0 Å². The Balaban J connectivity index is 1.14. The molecular weight excluding hydrogens is 779 g/mol. The third kappa shape index (κ3) is 19.1. The first-order valence-electron chi connectivity index (χ1n) is 30.1. The van der Waals surface area contributed by atoms with Crippen LogP contribution in [0, 0.1) is 46.3 Å². The summed E-state index contributed by atoms with van der Waals surface area (Å²) in [5.74, 6) is 5.60. The van der Waals surface area contributed by atoms with E-state index in [0.29, 0.717) is 28.8 Å². The van der Waals surface area contributed by atoms with Gasteiger partial charge in [0, 0.05) is 26.6 Å². The van der Waals surface area contributed by atoms with Crippen LogP contribution in [0.1, 0.15) is 311 Å². The second-order valence-electron chi connectivity index (χ2n) is 24.0. The summed E-state index contributed by atoms with van der Waals surface area (Å²) in [6, 6.07) is 0. The summed E-state index contributed by atoms with van der Waals surface area (Å²) in [5.41, 5.74) is 1.02. The first-order chi connectivity index (χ1) is 31.3. The molecule has 4 saturated carbocycles. The number of hydrogen-bond donors (Lipinski definition) is 0. The third-order valence-corrected chi connectivity index (χ3v) is 19.4. The third-order valence-electron chi connectivity index (χ3n) is 19.4. The van der Waals surface area contributed by atoms with Gasteiger partial charge in [-0.3, -0.25) is 4.79 Å². The smallest absolute Gasteiger partial charge is 0.222 e. The number of carbonyl (C=O) groups excluding carboxylic acids is 1. The zero-order valence-electron chi connectivity index (χ0n) is 44.6. The van der Waals surface area contributed by atoms with Gasteiger partial charge in [-0.15, -0.1) is 0 Å². The molecule has 4 rings (SSSR count). The summed E-state index contributed by atoms with van der Waals surface area (Å²) in [6.07, 6.45) is 60.0. The van der Waals surface area contributed by atoms with Crippen molar-refractivity contribution in [1.82, 2.24) is 4.90 Å². The molecule has 3 heteroatoms. The minimum atomic E-state index is 0.482. The number of methoxy groups -OCH3 is 1. The van der Waals surface area contributed by atoms with Crippen LogP contribution in [0.4, 0.5) is 0 Å². The second kappa shape index (κ2) is 33.0. The molecule has 0 aromatic rings. The summed E-state index contributed by atoms with van der Waals surface area (Å²) in [6.45, 7) is 14.6. The summed E-state index contributed by atoms with van der Waals surface area (Å²) < 4.78 is 5.90. The van der Waals surface area contributed by atoms with Crippen LogP contribution in [-0.2, 0) is 9.53 Å². The van der Waals surface area contributed by atoms with E-state index in [1.54, 1.807) is 0 Å². The molecule has 0 saturated heterocycles. The Morgan fingerprint density at radius 3 is 1.36 bits per heavy atom. The van der Waals surface area contributed by atoms with Crippen LogP contribution >= 0.6 is 0 Å². The molecule has 0 aliphatic heterocycles. The summed E-state index contributed by atoms with van der Waals surface area (Å²) in [4.78, 5) is 16.5. The van der Waals surface area contributed by atoms with Gasteiger partial charge in [0.25, 0.3) is 0 Å². The van der Waals surface area contributed by atoms with E-state index in [4.69, 9.17) is 4.74 Å². The van der Waals surface area contributed by atoms with Gasteiger partial charge in [0.1, 0.15) is 0 Å². The first kappa shape index (κ1) is 56.0. The van der Waals surface area contributed by atoms with Crippen LogP contribution in [0.15, 0.2) is 0 Å². The highest BCUT2D eigenvalue weighted by Gasteiger charge is 2.60. The van der Waals surface area contributed by atoms with Crippen molar-refractivity contribution in [1.29, 1.82) is 0 Å². The maximum atomic E-state index is 14.1. The maximum Gasteiger partial charge on any atom is 0.222 e. The monoisotopic (exact) mass is 894 g/mol. The molecule has 0 aromatic carbocycles. The Morgan fingerprint density at radius 1 is 0.516 bits per heavy atom. The standard InChI is InChI=1S/C61H115NO2/c1-7-9-11-13-15-17-19-21-23-25-27-29-31-33-35-37-49-62(50-38-36-34-32-30-28-26-24-22-20-18-16-14-12-10-8-2)59(63)44-39-52(3)56-42-43-57-55-41-40-53-51-54(64-6)45-47-60(53,4)58(55)46-48-61(56,57)5/h52-58H,7-51H2,1-6H3/t52-,53-,54-,55?,56-,57?,58?,60+,61-/m1/s1. The minimum absolute atomic E-state index is 0.482. The lowest BCUT2D eigenvalue weighted by molar-refractivity contribution is -0.134. The second-order valence-corrected chi connectivity index (χ2v) is 24.0. The van der Waals surface area contributed by atoms with Crippen molar-refractivity contribution in [3.8, 4) is 0 Å². The highest BCUT2D eigenvalue weighted by atomic mass is 16.5. The number of carbonyl (C=O) groups is 1. The molecule has 0 aromatic heterocycles. The normalized spacial score (nSPS) is 28.2. The Labute approximate surface area is 402 Å². The molecule has 1 amide bonds. The molecule has 4 aliphatic carbocycles. The predicted molar refractivity (Wildman–Crippen MR) is 280 cm³/mol. The number of amides is 1. The van der Waals surface area contributed by atoms with Crippen LogP contribution in [0.25, 0.3) is 0 Å². The number of fused-ring (bicyclic) bond motifs is 5. The molecule has 4 fully saturated rings. The topological polar surface area (TPSA) is 29.5 Å². The van der Waals surface area contributed by atoms with Gasteiger partial charge < -0.3 is 9.64 Å². The molecule has 0 bridgehead atoms.